The van der Waals surface area contributed by atoms with E-state index < -0.39 is 45.7 Å². The summed E-state index contributed by atoms with van der Waals surface area (Å²) in [6, 6.07) is 12.7. The van der Waals surface area contributed by atoms with Gasteiger partial charge in [0.05, 0.1) is 16.5 Å². The number of benzene rings is 3. The van der Waals surface area contributed by atoms with E-state index in [1.807, 2.05) is 0 Å². The summed E-state index contributed by atoms with van der Waals surface area (Å²) < 4.78 is 13.9. The molecule has 1 saturated heterocycles. The fraction of sp³-hybridized carbons (Fsp3) is 0.0435. The molecular weight excluding hydrogens is 455 g/mol. The number of nitro groups is 1. The molecule has 33 heavy (non-hydrogen) atoms. The van der Waals surface area contributed by atoms with Crippen molar-refractivity contribution >= 4 is 40.4 Å². The predicted molar refractivity (Wildman–Crippen MR) is 117 cm³/mol. The minimum atomic E-state index is -1.33. The first kappa shape index (κ1) is 22.0. The average Bonchev–Trinajstić information content (AvgIpc) is 3.04. The molecule has 0 radical (unpaired) electrons. The number of hydrogen-bond acceptors (Lipinski definition) is 6. The van der Waals surface area contributed by atoms with Crippen molar-refractivity contribution in [1.29, 1.82) is 0 Å². The minimum Gasteiger partial charge on any atom is -0.507 e. The van der Waals surface area contributed by atoms with Crippen LogP contribution >= 0.6 is 11.6 Å². The van der Waals surface area contributed by atoms with Gasteiger partial charge in [-0.3, -0.25) is 24.6 Å². The molecule has 3 aromatic carbocycles. The SMILES string of the molecule is O=C1C(=O)N(c2cccc(F)c2)C(c2ccc(O)c([N+](=O)[O-])c2)/C1=C(/O)c1ccc(Cl)cc1. The van der Waals surface area contributed by atoms with E-state index in [1.54, 1.807) is 0 Å². The third-order valence-electron chi connectivity index (χ3n) is 5.16. The van der Waals surface area contributed by atoms with Gasteiger partial charge in [0.25, 0.3) is 11.7 Å². The number of rotatable bonds is 4. The molecule has 4 rings (SSSR count). The summed E-state index contributed by atoms with van der Waals surface area (Å²) in [7, 11) is 0. The van der Waals surface area contributed by atoms with Crippen molar-refractivity contribution in [2.24, 2.45) is 0 Å². The van der Waals surface area contributed by atoms with Crippen LogP contribution in [0.1, 0.15) is 17.2 Å². The number of aromatic hydroxyl groups is 1. The lowest BCUT2D eigenvalue weighted by Gasteiger charge is -2.25. The van der Waals surface area contributed by atoms with Crippen LogP contribution in [0.5, 0.6) is 5.75 Å². The monoisotopic (exact) mass is 468 g/mol. The molecule has 0 bridgehead atoms. The summed E-state index contributed by atoms with van der Waals surface area (Å²) in [5.74, 6) is -3.96. The Morgan fingerprint density at radius 3 is 2.39 bits per heavy atom. The Labute approximate surface area is 190 Å². The number of amides is 1. The fourth-order valence-corrected chi connectivity index (χ4v) is 3.79. The van der Waals surface area contributed by atoms with Gasteiger partial charge in [-0.05, 0) is 54.1 Å². The maximum absolute atomic E-state index is 13.9. The number of nitrogens with zero attached hydrogens (tertiary/aromatic N) is 2. The van der Waals surface area contributed by atoms with Gasteiger partial charge in [0.1, 0.15) is 11.6 Å². The number of aliphatic hydroxyl groups is 1. The number of phenols is 1. The van der Waals surface area contributed by atoms with Crippen molar-refractivity contribution in [2.75, 3.05) is 4.90 Å². The summed E-state index contributed by atoms with van der Waals surface area (Å²) in [6.07, 6.45) is 0. The van der Waals surface area contributed by atoms with Gasteiger partial charge in [0.15, 0.2) is 5.75 Å². The highest BCUT2D eigenvalue weighted by Crippen LogP contribution is 2.44. The zero-order chi connectivity index (χ0) is 23.9. The largest absolute Gasteiger partial charge is 0.507 e. The van der Waals surface area contributed by atoms with Crippen molar-refractivity contribution < 1.29 is 29.1 Å². The van der Waals surface area contributed by atoms with Crippen LogP contribution in [0.2, 0.25) is 5.02 Å². The number of anilines is 1. The number of ketones is 1. The Hall–Kier alpha value is -4.24. The summed E-state index contributed by atoms with van der Waals surface area (Å²) in [4.78, 5) is 37.5. The number of carbonyl (C=O) groups excluding carboxylic acids is 2. The Morgan fingerprint density at radius 2 is 1.76 bits per heavy atom. The summed E-state index contributed by atoms with van der Waals surface area (Å²) in [6.45, 7) is 0. The minimum absolute atomic E-state index is 0.00739. The van der Waals surface area contributed by atoms with E-state index in [2.05, 4.69) is 0 Å². The van der Waals surface area contributed by atoms with Crippen molar-refractivity contribution in [3.8, 4) is 5.75 Å². The van der Waals surface area contributed by atoms with Crippen LogP contribution in [0.15, 0.2) is 72.3 Å². The Balaban J connectivity index is 1.99. The predicted octanol–water partition coefficient (Wildman–Crippen LogP) is 4.72. The van der Waals surface area contributed by atoms with Gasteiger partial charge in [0, 0.05) is 22.3 Å². The first-order valence-corrected chi connectivity index (χ1v) is 9.86. The van der Waals surface area contributed by atoms with E-state index in [0.717, 1.165) is 29.2 Å². The molecule has 10 heteroatoms. The Kier molecular flexibility index (Phi) is 5.57. The van der Waals surface area contributed by atoms with Crippen molar-refractivity contribution in [1.82, 2.24) is 0 Å². The Morgan fingerprint density at radius 1 is 1.06 bits per heavy atom. The van der Waals surface area contributed by atoms with Gasteiger partial charge in [-0.2, -0.15) is 0 Å². The molecule has 0 aliphatic carbocycles. The smallest absolute Gasteiger partial charge is 0.311 e. The second kappa shape index (κ2) is 8.36. The second-order valence-electron chi connectivity index (χ2n) is 7.16. The summed E-state index contributed by atoms with van der Waals surface area (Å²) >= 11 is 5.88. The number of halogens is 2. The number of hydrogen-bond donors (Lipinski definition) is 2. The van der Waals surface area contributed by atoms with Crippen LogP contribution < -0.4 is 4.90 Å². The molecule has 1 atom stereocenters. The second-order valence-corrected chi connectivity index (χ2v) is 7.60. The lowest BCUT2D eigenvalue weighted by Crippen LogP contribution is -2.29. The molecular formula is C23H14ClFN2O6. The van der Waals surface area contributed by atoms with Crippen LogP contribution in [-0.4, -0.2) is 26.8 Å². The van der Waals surface area contributed by atoms with Gasteiger partial charge in [0.2, 0.25) is 0 Å². The highest BCUT2D eigenvalue weighted by molar-refractivity contribution is 6.51. The number of phenolic OH excluding ortho intramolecular Hbond substituents is 1. The first-order valence-electron chi connectivity index (χ1n) is 9.49. The van der Waals surface area contributed by atoms with E-state index in [1.165, 1.54) is 42.5 Å². The summed E-state index contributed by atoms with van der Waals surface area (Å²) in [5.41, 5.74) is -0.781. The number of aliphatic hydroxyl groups excluding tert-OH is 1. The molecule has 166 valence electrons. The highest BCUT2D eigenvalue weighted by Gasteiger charge is 2.47. The Bertz CT molecular complexity index is 1340. The van der Waals surface area contributed by atoms with Crippen LogP contribution in [0, 0.1) is 15.9 Å². The fourth-order valence-electron chi connectivity index (χ4n) is 3.66. The third kappa shape index (κ3) is 3.90. The van der Waals surface area contributed by atoms with Gasteiger partial charge in [-0.25, -0.2) is 4.39 Å². The zero-order valence-electron chi connectivity index (χ0n) is 16.6. The first-order chi connectivity index (χ1) is 15.7. The molecule has 0 aromatic heterocycles. The van der Waals surface area contributed by atoms with Crippen LogP contribution in [0.4, 0.5) is 15.8 Å². The van der Waals surface area contributed by atoms with E-state index in [4.69, 9.17) is 11.6 Å². The molecule has 0 saturated carbocycles. The average molecular weight is 469 g/mol. The van der Waals surface area contributed by atoms with Crippen LogP contribution in [0.25, 0.3) is 5.76 Å². The van der Waals surface area contributed by atoms with Crippen molar-refractivity contribution in [2.45, 2.75) is 6.04 Å². The lowest BCUT2D eigenvalue weighted by atomic mass is 9.94. The molecule has 1 aliphatic rings. The molecule has 1 heterocycles. The van der Waals surface area contributed by atoms with Gasteiger partial charge in [-0.1, -0.05) is 23.7 Å². The molecule has 8 nitrogen and oxygen atoms in total. The normalized spacial score (nSPS) is 17.4. The van der Waals surface area contributed by atoms with Crippen molar-refractivity contribution in [3.63, 3.8) is 0 Å². The quantitative estimate of drug-likeness (QED) is 0.188. The number of nitro benzene ring substituents is 1. The summed E-state index contributed by atoms with van der Waals surface area (Å²) in [5, 5.41) is 32.5. The number of carbonyl (C=O) groups is 2. The van der Waals surface area contributed by atoms with E-state index >= 15 is 0 Å². The van der Waals surface area contributed by atoms with Crippen molar-refractivity contribution in [3.05, 3.63) is 104 Å². The zero-order valence-corrected chi connectivity index (χ0v) is 17.4. The molecule has 0 spiro atoms. The maximum atomic E-state index is 13.9. The van der Waals surface area contributed by atoms with Crippen LogP contribution in [0.3, 0.4) is 0 Å². The highest BCUT2D eigenvalue weighted by atomic mass is 35.5. The standard InChI is InChI=1S/C23H14ClFN2O6/c24-14-7-4-12(5-8-14)21(29)19-20(13-6-9-18(28)17(10-13)27(32)33)26(23(31)22(19)30)16-3-1-2-15(25)11-16/h1-11,20,28-29H/b21-19-. The van der Waals surface area contributed by atoms with E-state index in [9.17, 15) is 34.3 Å². The number of Topliss-reactive ketones (excluding diaryl/α,β-unsaturated/α-hetero) is 1. The van der Waals surface area contributed by atoms with Gasteiger partial charge >= 0.3 is 5.69 Å². The van der Waals surface area contributed by atoms with Crippen LogP contribution in [-0.2, 0) is 9.59 Å². The molecule has 1 aliphatic heterocycles. The van der Waals surface area contributed by atoms with Gasteiger partial charge < -0.3 is 10.2 Å². The van der Waals surface area contributed by atoms with E-state index in [-0.39, 0.29) is 22.4 Å². The third-order valence-corrected chi connectivity index (χ3v) is 5.41. The maximum Gasteiger partial charge on any atom is 0.311 e. The molecule has 1 amide bonds. The van der Waals surface area contributed by atoms with E-state index in [0.29, 0.717) is 5.02 Å². The molecule has 3 aromatic rings. The topological polar surface area (TPSA) is 121 Å². The molecule has 2 N–H and O–H groups in total. The molecule has 1 unspecified atom stereocenters. The van der Waals surface area contributed by atoms with Gasteiger partial charge in [-0.15, -0.1) is 0 Å². The molecule has 1 fully saturated rings. The lowest BCUT2D eigenvalue weighted by molar-refractivity contribution is -0.385.